The van der Waals surface area contributed by atoms with Gasteiger partial charge in [-0.05, 0) is 44.9 Å². The molecule has 0 saturated heterocycles. The zero-order valence-electron chi connectivity index (χ0n) is 8.72. The second-order valence-corrected chi connectivity index (χ2v) is 5.12. The Labute approximate surface area is 85.6 Å². The summed E-state index contributed by atoms with van der Waals surface area (Å²) < 4.78 is 0. The first kappa shape index (κ1) is 8.70. The van der Waals surface area contributed by atoms with Gasteiger partial charge in [-0.1, -0.05) is 17.6 Å². The van der Waals surface area contributed by atoms with Crippen LogP contribution in [0.4, 0.5) is 0 Å². The summed E-state index contributed by atoms with van der Waals surface area (Å²) in [5.41, 5.74) is 3.27. The van der Waals surface area contributed by atoms with E-state index in [0.717, 1.165) is 12.8 Å². The number of rotatable bonds is 0. The van der Waals surface area contributed by atoms with E-state index in [1.807, 2.05) is 0 Å². The predicted octanol–water partition coefficient (Wildman–Crippen LogP) is 3.25. The summed E-state index contributed by atoms with van der Waals surface area (Å²) >= 11 is 0. The molecule has 0 spiro atoms. The normalized spacial score (nSPS) is 37.0. The van der Waals surface area contributed by atoms with Gasteiger partial charge in [-0.2, -0.15) is 0 Å². The van der Waals surface area contributed by atoms with Crippen molar-refractivity contribution in [1.82, 2.24) is 0 Å². The summed E-state index contributed by atoms with van der Waals surface area (Å²) in [6, 6.07) is 0. The molecule has 0 aliphatic heterocycles. The quantitative estimate of drug-likeness (QED) is 0.536. The monoisotopic (exact) mass is 190 g/mol. The van der Waals surface area contributed by atoms with Gasteiger partial charge in [-0.3, -0.25) is 4.79 Å². The fourth-order valence-corrected chi connectivity index (χ4v) is 3.63. The first-order valence-electron chi connectivity index (χ1n) is 6.11. The van der Waals surface area contributed by atoms with Crippen LogP contribution in [0.25, 0.3) is 0 Å². The number of hydrogen-bond acceptors (Lipinski definition) is 1. The molecule has 0 aromatic rings. The van der Waals surface area contributed by atoms with Crippen LogP contribution in [0.5, 0.6) is 0 Å². The van der Waals surface area contributed by atoms with E-state index in [1.54, 1.807) is 11.1 Å². The van der Waals surface area contributed by atoms with Crippen molar-refractivity contribution < 1.29 is 4.79 Å². The highest BCUT2D eigenvalue weighted by molar-refractivity contribution is 5.88. The Morgan fingerprint density at radius 2 is 1.86 bits per heavy atom. The molecule has 1 heteroatoms. The number of allylic oxidation sites excluding steroid dienone is 2. The molecule has 3 aliphatic rings. The molecule has 1 fully saturated rings. The maximum absolute atomic E-state index is 12.0. The molecule has 0 heterocycles. The van der Waals surface area contributed by atoms with Crippen LogP contribution in [0.15, 0.2) is 11.1 Å². The second kappa shape index (κ2) is 3.22. The van der Waals surface area contributed by atoms with E-state index in [2.05, 4.69) is 0 Å². The SMILES string of the molecule is O=C1C2CCC[C@H]1C1=C(CCCC1)C2. The van der Waals surface area contributed by atoms with Gasteiger partial charge in [0.15, 0.2) is 0 Å². The number of fused-ring (bicyclic) bond motifs is 3. The molecule has 1 saturated carbocycles. The molecule has 3 rings (SSSR count). The molecule has 76 valence electrons. The summed E-state index contributed by atoms with van der Waals surface area (Å²) in [5, 5.41) is 0. The number of hydrogen-bond donors (Lipinski definition) is 0. The topological polar surface area (TPSA) is 17.1 Å². The van der Waals surface area contributed by atoms with Crippen molar-refractivity contribution >= 4 is 5.78 Å². The minimum atomic E-state index is 0.373. The fourth-order valence-electron chi connectivity index (χ4n) is 3.63. The number of carbonyl (C=O) groups is 1. The standard InChI is InChI=1S/C13H18O/c14-13-10-5-3-7-12(13)11-6-2-1-4-9(11)8-10/h10,12H,1-8H2/t10?,12-/m0/s1. The molecule has 0 N–H and O–H groups in total. The van der Waals surface area contributed by atoms with Crippen LogP contribution in [0.3, 0.4) is 0 Å². The Bertz CT molecular complexity index is 300. The van der Waals surface area contributed by atoms with Crippen molar-refractivity contribution in [3.8, 4) is 0 Å². The molecule has 1 unspecified atom stereocenters. The highest BCUT2D eigenvalue weighted by Crippen LogP contribution is 2.45. The maximum Gasteiger partial charge on any atom is 0.143 e. The third kappa shape index (κ3) is 1.18. The van der Waals surface area contributed by atoms with Gasteiger partial charge in [-0.25, -0.2) is 0 Å². The Kier molecular flexibility index (Phi) is 2.00. The summed E-state index contributed by atoms with van der Waals surface area (Å²) in [6.07, 6.45) is 9.98. The Balaban J connectivity index is 1.99. The molecule has 3 aliphatic carbocycles. The first-order valence-corrected chi connectivity index (χ1v) is 6.11. The third-order valence-corrected chi connectivity index (χ3v) is 4.33. The largest absolute Gasteiger partial charge is 0.299 e. The van der Waals surface area contributed by atoms with Crippen molar-refractivity contribution in [3.05, 3.63) is 11.1 Å². The summed E-state index contributed by atoms with van der Waals surface area (Å²) in [7, 11) is 0. The van der Waals surface area contributed by atoms with Gasteiger partial charge >= 0.3 is 0 Å². The fraction of sp³-hybridized carbons (Fsp3) is 0.769. The maximum atomic E-state index is 12.0. The van der Waals surface area contributed by atoms with Crippen LogP contribution in [-0.2, 0) is 4.79 Å². The Morgan fingerprint density at radius 1 is 1.00 bits per heavy atom. The first-order chi connectivity index (χ1) is 6.86. The van der Waals surface area contributed by atoms with Gasteiger partial charge in [0.2, 0.25) is 0 Å². The molecule has 0 aromatic heterocycles. The highest BCUT2D eigenvalue weighted by Gasteiger charge is 2.39. The second-order valence-electron chi connectivity index (χ2n) is 5.12. The Hall–Kier alpha value is -0.590. The molecule has 14 heavy (non-hydrogen) atoms. The van der Waals surface area contributed by atoms with Crippen LogP contribution in [0, 0.1) is 11.8 Å². The van der Waals surface area contributed by atoms with Crippen molar-refractivity contribution in [2.75, 3.05) is 0 Å². The van der Waals surface area contributed by atoms with E-state index in [1.165, 1.54) is 38.5 Å². The van der Waals surface area contributed by atoms with Crippen molar-refractivity contribution in [2.24, 2.45) is 11.8 Å². The van der Waals surface area contributed by atoms with Crippen molar-refractivity contribution in [2.45, 2.75) is 51.4 Å². The van der Waals surface area contributed by atoms with E-state index >= 15 is 0 Å². The molecule has 1 nitrogen and oxygen atoms in total. The van der Waals surface area contributed by atoms with Gasteiger partial charge in [0, 0.05) is 11.8 Å². The lowest BCUT2D eigenvalue weighted by atomic mass is 9.65. The number of Topliss-reactive ketones (excluding diaryl/α,β-unsaturated/α-hetero) is 1. The smallest absolute Gasteiger partial charge is 0.143 e. The number of carbonyl (C=O) groups excluding carboxylic acids is 1. The average Bonchev–Trinajstić information content (AvgIpc) is 2.18. The lowest BCUT2D eigenvalue weighted by Gasteiger charge is -2.38. The Morgan fingerprint density at radius 3 is 2.79 bits per heavy atom. The van der Waals surface area contributed by atoms with Gasteiger partial charge < -0.3 is 0 Å². The third-order valence-electron chi connectivity index (χ3n) is 4.33. The molecule has 0 radical (unpaired) electrons. The summed E-state index contributed by atoms with van der Waals surface area (Å²) in [4.78, 5) is 12.0. The van der Waals surface area contributed by atoms with E-state index < -0.39 is 0 Å². The van der Waals surface area contributed by atoms with Crippen LogP contribution < -0.4 is 0 Å². The molecule has 2 bridgehead atoms. The summed E-state index contributed by atoms with van der Waals surface area (Å²) in [6.45, 7) is 0. The summed E-state index contributed by atoms with van der Waals surface area (Å²) in [5.74, 6) is 1.39. The lowest BCUT2D eigenvalue weighted by Crippen LogP contribution is -2.35. The zero-order chi connectivity index (χ0) is 9.54. The minimum absolute atomic E-state index is 0.373. The molecular weight excluding hydrogens is 172 g/mol. The molecule has 0 amide bonds. The van der Waals surface area contributed by atoms with Gasteiger partial charge in [0.1, 0.15) is 5.78 Å². The highest BCUT2D eigenvalue weighted by atomic mass is 16.1. The minimum Gasteiger partial charge on any atom is -0.299 e. The zero-order valence-corrected chi connectivity index (χ0v) is 8.72. The molecule has 2 atom stereocenters. The number of ketones is 1. The van der Waals surface area contributed by atoms with E-state index in [9.17, 15) is 4.79 Å². The predicted molar refractivity (Wildman–Crippen MR) is 55.9 cm³/mol. The van der Waals surface area contributed by atoms with Gasteiger partial charge in [0.05, 0.1) is 0 Å². The van der Waals surface area contributed by atoms with Crippen LogP contribution in [0.1, 0.15) is 51.4 Å². The van der Waals surface area contributed by atoms with Crippen molar-refractivity contribution in [3.63, 3.8) is 0 Å². The van der Waals surface area contributed by atoms with Crippen LogP contribution in [0.2, 0.25) is 0 Å². The molecule has 0 aromatic carbocycles. The van der Waals surface area contributed by atoms with E-state index in [0.29, 0.717) is 17.6 Å². The van der Waals surface area contributed by atoms with E-state index in [-0.39, 0.29) is 0 Å². The van der Waals surface area contributed by atoms with Crippen molar-refractivity contribution in [1.29, 1.82) is 0 Å². The van der Waals surface area contributed by atoms with Crippen LogP contribution in [-0.4, -0.2) is 5.78 Å². The van der Waals surface area contributed by atoms with Gasteiger partial charge in [0.25, 0.3) is 0 Å². The van der Waals surface area contributed by atoms with E-state index in [4.69, 9.17) is 0 Å². The van der Waals surface area contributed by atoms with Crippen LogP contribution >= 0.6 is 0 Å². The van der Waals surface area contributed by atoms with Gasteiger partial charge in [-0.15, -0.1) is 0 Å². The average molecular weight is 190 g/mol. The molecular formula is C13H18O. The lowest BCUT2D eigenvalue weighted by molar-refractivity contribution is -0.128.